The molecule has 0 unspecified atom stereocenters. The van der Waals surface area contributed by atoms with Crippen molar-refractivity contribution in [2.45, 2.75) is 19.3 Å². The predicted molar refractivity (Wildman–Crippen MR) is 91.6 cm³/mol. The van der Waals surface area contributed by atoms with E-state index >= 15 is 0 Å². The van der Waals surface area contributed by atoms with Crippen LogP contribution in [-0.2, 0) is 9.53 Å². The first-order valence-electron chi connectivity index (χ1n) is 7.50. The second kappa shape index (κ2) is 6.90. The minimum Gasteiger partial charge on any atom is -0.462 e. The summed E-state index contributed by atoms with van der Waals surface area (Å²) in [6.45, 7) is 1.80. The second-order valence-electron chi connectivity index (χ2n) is 5.39. The Bertz CT molecular complexity index is 922. The highest BCUT2D eigenvalue weighted by Crippen LogP contribution is 2.41. The number of benzene rings is 1. The number of aromatic amines is 1. The lowest BCUT2D eigenvalue weighted by Gasteiger charge is -2.25. The normalized spacial score (nSPS) is 16.1. The Balaban J connectivity index is 2.21. The number of esters is 2. The molecule has 0 saturated heterocycles. The molecule has 8 heteroatoms. The van der Waals surface area contributed by atoms with Crippen LogP contribution in [0.25, 0.3) is 0 Å². The van der Waals surface area contributed by atoms with Crippen LogP contribution in [0, 0.1) is 0 Å². The van der Waals surface area contributed by atoms with Gasteiger partial charge in [0.15, 0.2) is 5.75 Å². The van der Waals surface area contributed by atoms with Gasteiger partial charge < -0.3 is 14.5 Å². The molecule has 1 aromatic carbocycles. The van der Waals surface area contributed by atoms with E-state index in [-0.39, 0.29) is 29.9 Å². The summed E-state index contributed by atoms with van der Waals surface area (Å²) in [5, 5.41) is 0.751. The van der Waals surface area contributed by atoms with E-state index in [2.05, 4.69) is 4.98 Å². The van der Waals surface area contributed by atoms with Gasteiger partial charge in [0.2, 0.25) is 0 Å². The molecule has 130 valence electrons. The van der Waals surface area contributed by atoms with Gasteiger partial charge in [-0.2, -0.15) is 0 Å². The molecule has 0 radical (unpaired) electrons. The molecule has 1 N–H and O–H groups in total. The van der Waals surface area contributed by atoms with E-state index in [4.69, 9.17) is 32.7 Å². The van der Waals surface area contributed by atoms with Crippen molar-refractivity contribution in [1.29, 1.82) is 0 Å². The van der Waals surface area contributed by atoms with Crippen molar-refractivity contribution in [1.82, 2.24) is 4.98 Å². The van der Waals surface area contributed by atoms with E-state index in [1.807, 2.05) is 0 Å². The predicted octanol–water partition coefficient (Wildman–Crippen LogP) is 3.30. The molecule has 0 bridgehead atoms. The Morgan fingerprint density at radius 3 is 2.80 bits per heavy atom. The van der Waals surface area contributed by atoms with Crippen LogP contribution in [-0.4, -0.2) is 23.5 Å². The molecule has 0 spiro atoms. The summed E-state index contributed by atoms with van der Waals surface area (Å²) in [5.74, 6) is -2.00. The number of hydrogen-bond donors (Lipinski definition) is 1. The van der Waals surface area contributed by atoms with Crippen molar-refractivity contribution in [2.24, 2.45) is 0 Å². The maximum Gasteiger partial charge on any atom is 0.343 e. The SMILES string of the molecule is CCOC(=O)c1c[nH]c(=O)c2c1OC(=O)C[C@H]2c1ccc(Cl)cc1Cl. The van der Waals surface area contributed by atoms with Crippen LogP contribution in [0.3, 0.4) is 0 Å². The maximum atomic E-state index is 12.4. The van der Waals surface area contributed by atoms with E-state index in [9.17, 15) is 14.4 Å². The summed E-state index contributed by atoms with van der Waals surface area (Å²) in [6, 6.07) is 4.79. The molecule has 1 aromatic heterocycles. The smallest absolute Gasteiger partial charge is 0.343 e. The van der Waals surface area contributed by atoms with E-state index in [0.29, 0.717) is 15.6 Å². The number of nitrogens with one attached hydrogen (secondary N) is 1. The fourth-order valence-corrected chi connectivity index (χ4v) is 3.33. The molecule has 0 aliphatic carbocycles. The average Bonchev–Trinajstić information content (AvgIpc) is 2.54. The van der Waals surface area contributed by atoms with Gasteiger partial charge in [-0.3, -0.25) is 9.59 Å². The summed E-state index contributed by atoms with van der Waals surface area (Å²) < 4.78 is 10.2. The molecule has 1 atom stereocenters. The van der Waals surface area contributed by atoms with Gasteiger partial charge in [-0.15, -0.1) is 0 Å². The van der Waals surface area contributed by atoms with Gasteiger partial charge in [-0.05, 0) is 24.6 Å². The van der Waals surface area contributed by atoms with E-state index in [1.165, 1.54) is 12.3 Å². The molecule has 1 aliphatic heterocycles. The molecule has 6 nitrogen and oxygen atoms in total. The van der Waals surface area contributed by atoms with Gasteiger partial charge in [-0.1, -0.05) is 29.3 Å². The quantitative estimate of drug-likeness (QED) is 0.824. The first-order chi connectivity index (χ1) is 11.9. The first kappa shape index (κ1) is 17.5. The second-order valence-corrected chi connectivity index (χ2v) is 6.23. The summed E-state index contributed by atoms with van der Waals surface area (Å²) in [5.41, 5.74) is 0.232. The highest BCUT2D eigenvalue weighted by Gasteiger charge is 2.35. The van der Waals surface area contributed by atoms with Crippen molar-refractivity contribution in [3.05, 3.63) is 61.5 Å². The van der Waals surface area contributed by atoms with Crippen LogP contribution in [0.4, 0.5) is 0 Å². The number of aromatic nitrogens is 1. The number of ether oxygens (including phenoxy) is 2. The number of halogens is 2. The molecule has 25 heavy (non-hydrogen) atoms. The summed E-state index contributed by atoms with van der Waals surface area (Å²) in [4.78, 5) is 39.1. The summed E-state index contributed by atoms with van der Waals surface area (Å²) in [7, 11) is 0. The molecule has 0 amide bonds. The third-order valence-corrected chi connectivity index (χ3v) is 4.41. The van der Waals surface area contributed by atoms with Gasteiger partial charge in [0.05, 0.1) is 18.6 Å². The largest absolute Gasteiger partial charge is 0.462 e. The van der Waals surface area contributed by atoms with Gasteiger partial charge >= 0.3 is 11.9 Å². The Hall–Kier alpha value is -2.31. The highest BCUT2D eigenvalue weighted by molar-refractivity contribution is 6.35. The lowest BCUT2D eigenvalue weighted by Crippen LogP contribution is -2.30. The van der Waals surface area contributed by atoms with Crippen molar-refractivity contribution in [3.63, 3.8) is 0 Å². The number of pyridine rings is 1. The van der Waals surface area contributed by atoms with Crippen molar-refractivity contribution in [3.8, 4) is 5.75 Å². The van der Waals surface area contributed by atoms with E-state index < -0.39 is 23.4 Å². The number of H-pyrrole nitrogens is 1. The van der Waals surface area contributed by atoms with Crippen molar-refractivity contribution >= 4 is 35.1 Å². The van der Waals surface area contributed by atoms with Crippen LogP contribution in [0.2, 0.25) is 10.0 Å². The molecule has 2 aromatic rings. The third kappa shape index (κ3) is 3.27. The van der Waals surface area contributed by atoms with Crippen molar-refractivity contribution < 1.29 is 19.1 Å². The zero-order chi connectivity index (χ0) is 18.1. The lowest BCUT2D eigenvalue weighted by molar-refractivity contribution is -0.135. The average molecular weight is 382 g/mol. The molecular weight excluding hydrogens is 369 g/mol. The van der Waals surface area contributed by atoms with Crippen LogP contribution in [0.5, 0.6) is 5.75 Å². The van der Waals surface area contributed by atoms with Crippen molar-refractivity contribution in [2.75, 3.05) is 6.61 Å². The Kier molecular flexibility index (Phi) is 4.83. The number of hydrogen-bond acceptors (Lipinski definition) is 5. The van der Waals surface area contributed by atoms with Crippen LogP contribution < -0.4 is 10.3 Å². The first-order valence-corrected chi connectivity index (χ1v) is 8.26. The molecule has 1 aliphatic rings. The number of carbonyl (C=O) groups is 2. The summed E-state index contributed by atoms with van der Waals surface area (Å²) >= 11 is 12.2. The minimum absolute atomic E-state index is 0.0143. The lowest BCUT2D eigenvalue weighted by atomic mass is 9.86. The molecule has 3 rings (SSSR count). The Morgan fingerprint density at radius 2 is 2.12 bits per heavy atom. The Labute approximate surface area is 152 Å². The molecule has 0 saturated carbocycles. The van der Waals surface area contributed by atoms with Crippen LogP contribution >= 0.6 is 23.2 Å². The maximum absolute atomic E-state index is 12.4. The molecular formula is C17H13Cl2NO5. The zero-order valence-corrected chi connectivity index (χ0v) is 14.6. The fourth-order valence-electron chi connectivity index (χ4n) is 2.79. The van der Waals surface area contributed by atoms with Crippen LogP contribution in [0.1, 0.15) is 40.7 Å². The topological polar surface area (TPSA) is 85.5 Å². The highest BCUT2D eigenvalue weighted by atomic mass is 35.5. The minimum atomic E-state index is -0.689. The Morgan fingerprint density at radius 1 is 1.36 bits per heavy atom. The summed E-state index contributed by atoms with van der Waals surface area (Å²) in [6.07, 6.45) is 1.10. The monoisotopic (exact) mass is 381 g/mol. The van der Waals surface area contributed by atoms with Gasteiger partial charge in [0.1, 0.15) is 5.56 Å². The third-order valence-electron chi connectivity index (χ3n) is 3.85. The van der Waals surface area contributed by atoms with E-state index in [0.717, 1.165) is 0 Å². The van der Waals surface area contributed by atoms with Crippen LogP contribution in [0.15, 0.2) is 29.2 Å². The van der Waals surface area contributed by atoms with Gasteiger partial charge in [0, 0.05) is 22.2 Å². The molecule has 2 heterocycles. The standard InChI is InChI=1S/C17H13Cl2NO5/c1-2-24-17(23)11-7-20-16(22)14-10(6-13(21)25-15(11)14)9-4-3-8(18)5-12(9)19/h3-5,7,10H,2,6H2,1H3,(H,20,22)/t10-/m0/s1. The fraction of sp³-hybridized carbons (Fsp3) is 0.235. The number of fused-ring (bicyclic) bond motifs is 1. The molecule has 0 fully saturated rings. The number of rotatable bonds is 3. The van der Waals surface area contributed by atoms with Gasteiger partial charge in [0.25, 0.3) is 5.56 Å². The van der Waals surface area contributed by atoms with E-state index in [1.54, 1.807) is 19.1 Å². The van der Waals surface area contributed by atoms with Gasteiger partial charge in [-0.25, -0.2) is 4.79 Å². The number of carbonyl (C=O) groups excluding carboxylic acids is 2. The zero-order valence-electron chi connectivity index (χ0n) is 13.1.